The van der Waals surface area contributed by atoms with Gasteiger partial charge in [-0.15, -0.1) is 0 Å². The van der Waals surface area contributed by atoms with Crippen molar-refractivity contribution < 1.29 is 4.74 Å². The third-order valence-electron chi connectivity index (χ3n) is 5.30. The molecule has 3 rings (SSSR count). The molecule has 1 aliphatic heterocycles. The summed E-state index contributed by atoms with van der Waals surface area (Å²) in [5, 5.41) is 3.89. The minimum absolute atomic E-state index is 0.386. The maximum atomic E-state index is 5.51. The van der Waals surface area contributed by atoms with Crippen molar-refractivity contribution in [1.29, 1.82) is 0 Å². The number of nitrogens with zero attached hydrogens (tertiary/aromatic N) is 1. The zero-order chi connectivity index (χ0) is 13.3. The quantitative estimate of drug-likeness (QED) is 0.715. The highest BCUT2D eigenvalue weighted by molar-refractivity contribution is 5.06. The standard InChI is InChI=1S/C16H30N2O/c1-3-19-10-4-9-18-12-16(2,14-7-8-14)17-11-15(18)13-5-6-13/h13-15,17H,3-12H2,1-2H3. The molecule has 0 bridgehead atoms. The van der Waals surface area contributed by atoms with Gasteiger partial charge in [-0.3, -0.25) is 4.90 Å². The molecule has 2 saturated carbocycles. The molecule has 3 fully saturated rings. The average Bonchev–Trinajstić information content (AvgIpc) is 3.28. The number of hydrogen-bond acceptors (Lipinski definition) is 3. The van der Waals surface area contributed by atoms with Crippen LogP contribution in [0.1, 0.15) is 46.0 Å². The highest BCUT2D eigenvalue weighted by Gasteiger charge is 2.48. The van der Waals surface area contributed by atoms with Gasteiger partial charge in [0.05, 0.1) is 0 Å². The summed E-state index contributed by atoms with van der Waals surface area (Å²) in [4.78, 5) is 2.78. The van der Waals surface area contributed by atoms with E-state index in [-0.39, 0.29) is 0 Å². The van der Waals surface area contributed by atoms with E-state index < -0.39 is 0 Å². The normalized spacial score (nSPS) is 36.6. The molecule has 0 amide bonds. The van der Waals surface area contributed by atoms with Crippen LogP contribution in [0.2, 0.25) is 0 Å². The molecule has 2 aliphatic carbocycles. The Balaban J connectivity index is 1.54. The number of hydrogen-bond donors (Lipinski definition) is 1. The first kappa shape index (κ1) is 13.8. The van der Waals surface area contributed by atoms with Crippen LogP contribution < -0.4 is 5.32 Å². The van der Waals surface area contributed by atoms with Crippen LogP contribution in [-0.2, 0) is 4.74 Å². The molecule has 1 saturated heterocycles. The smallest absolute Gasteiger partial charge is 0.0478 e. The molecule has 0 aromatic heterocycles. The minimum Gasteiger partial charge on any atom is -0.382 e. The topological polar surface area (TPSA) is 24.5 Å². The first-order valence-corrected chi connectivity index (χ1v) is 8.30. The van der Waals surface area contributed by atoms with E-state index in [2.05, 4.69) is 24.1 Å². The SMILES string of the molecule is CCOCCCN1CC(C)(C2CC2)NCC1C1CC1. The molecule has 3 heteroatoms. The summed E-state index contributed by atoms with van der Waals surface area (Å²) in [6.45, 7) is 10.0. The van der Waals surface area contributed by atoms with Gasteiger partial charge >= 0.3 is 0 Å². The van der Waals surface area contributed by atoms with Crippen molar-refractivity contribution in [2.75, 3.05) is 32.8 Å². The molecule has 2 unspecified atom stereocenters. The van der Waals surface area contributed by atoms with E-state index in [1.807, 2.05) is 0 Å². The number of rotatable bonds is 7. The van der Waals surface area contributed by atoms with Gasteiger partial charge in [0.25, 0.3) is 0 Å². The minimum atomic E-state index is 0.386. The molecule has 19 heavy (non-hydrogen) atoms. The number of ether oxygens (including phenoxy) is 1. The van der Waals surface area contributed by atoms with Crippen molar-refractivity contribution in [3.63, 3.8) is 0 Å². The third-order valence-corrected chi connectivity index (χ3v) is 5.30. The summed E-state index contributed by atoms with van der Waals surface area (Å²) in [5.41, 5.74) is 0.386. The Kier molecular flexibility index (Phi) is 4.16. The molecule has 0 spiro atoms. The van der Waals surface area contributed by atoms with Gasteiger partial charge in [-0.05, 0) is 57.8 Å². The summed E-state index contributed by atoms with van der Waals surface area (Å²) in [5.74, 6) is 1.91. The molecule has 3 aliphatic rings. The zero-order valence-electron chi connectivity index (χ0n) is 12.7. The molecule has 0 radical (unpaired) electrons. The van der Waals surface area contributed by atoms with Crippen LogP contribution >= 0.6 is 0 Å². The maximum Gasteiger partial charge on any atom is 0.0478 e. The van der Waals surface area contributed by atoms with Crippen molar-refractivity contribution in [3.05, 3.63) is 0 Å². The van der Waals surface area contributed by atoms with Gasteiger partial charge < -0.3 is 10.1 Å². The van der Waals surface area contributed by atoms with Crippen LogP contribution in [0.4, 0.5) is 0 Å². The van der Waals surface area contributed by atoms with Crippen molar-refractivity contribution in [1.82, 2.24) is 10.2 Å². The van der Waals surface area contributed by atoms with Gasteiger partial charge in [0.1, 0.15) is 0 Å². The third kappa shape index (κ3) is 3.32. The molecule has 110 valence electrons. The number of nitrogens with one attached hydrogen (secondary N) is 1. The molecule has 0 aromatic rings. The lowest BCUT2D eigenvalue weighted by atomic mass is 9.89. The highest BCUT2D eigenvalue weighted by Crippen LogP contribution is 2.44. The largest absolute Gasteiger partial charge is 0.382 e. The van der Waals surface area contributed by atoms with E-state index in [1.165, 1.54) is 51.7 Å². The van der Waals surface area contributed by atoms with Gasteiger partial charge in [0, 0.05) is 44.4 Å². The van der Waals surface area contributed by atoms with E-state index in [9.17, 15) is 0 Å². The molecular weight excluding hydrogens is 236 g/mol. The van der Waals surface area contributed by atoms with Crippen molar-refractivity contribution >= 4 is 0 Å². The fraction of sp³-hybridized carbons (Fsp3) is 1.00. The summed E-state index contributed by atoms with van der Waals surface area (Å²) >= 11 is 0. The lowest BCUT2D eigenvalue weighted by Gasteiger charge is -2.47. The van der Waals surface area contributed by atoms with Crippen LogP contribution in [-0.4, -0.2) is 49.3 Å². The summed E-state index contributed by atoms with van der Waals surface area (Å²) in [6.07, 6.45) is 6.97. The lowest BCUT2D eigenvalue weighted by molar-refractivity contribution is 0.0523. The molecule has 0 aromatic carbocycles. The zero-order valence-corrected chi connectivity index (χ0v) is 12.7. The second-order valence-electron chi connectivity index (χ2n) is 7.00. The van der Waals surface area contributed by atoms with E-state index in [0.29, 0.717) is 5.54 Å². The van der Waals surface area contributed by atoms with E-state index in [0.717, 1.165) is 31.1 Å². The Morgan fingerprint density at radius 3 is 2.68 bits per heavy atom. The predicted molar refractivity (Wildman–Crippen MR) is 78.3 cm³/mol. The average molecular weight is 266 g/mol. The van der Waals surface area contributed by atoms with Crippen molar-refractivity contribution in [2.24, 2.45) is 11.8 Å². The maximum absolute atomic E-state index is 5.51. The Labute approximate surface area is 118 Å². The molecule has 1 N–H and O–H groups in total. The molecule has 3 nitrogen and oxygen atoms in total. The second kappa shape index (κ2) is 5.71. The van der Waals surface area contributed by atoms with E-state index >= 15 is 0 Å². The van der Waals surface area contributed by atoms with Crippen molar-refractivity contribution in [2.45, 2.75) is 57.5 Å². The summed E-state index contributed by atoms with van der Waals surface area (Å²) < 4.78 is 5.51. The van der Waals surface area contributed by atoms with Gasteiger partial charge in [0.15, 0.2) is 0 Å². The summed E-state index contributed by atoms with van der Waals surface area (Å²) in [7, 11) is 0. The Morgan fingerprint density at radius 1 is 1.26 bits per heavy atom. The Bertz CT molecular complexity index is 301. The van der Waals surface area contributed by atoms with E-state index in [1.54, 1.807) is 0 Å². The summed E-state index contributed by atoms with van der Waals surface area (Å²) in [6, 6.07) is 0.799. The van der Waals surface area contributed by atoms with E-state index in [4.69, 9.17) is 4.74 Å². The van der Waals surface area contributed by atoms with Gasteiger partial charge in [-0.2, -0.15) is 0 Å². The first-order chi connectivity index (χ1) is 9.23. The second-order valence-corrected chi connectivity index (χ2v) is 7.00. The van der Waals surface area contributed by atoms with Crippen LogP contribution in [0.15, 0.2) is 0 Å². The van der Waals surface area contributed by atoms with Crippen LogP contribution in [0.25, 0.3) is 0 Å². The van der Waals surface area contributed by atoms with Gasteiger partial charge in [0.2, 0.25) is 0 Å². The molecule has 1 heterocycles. The van der Waals surface area contributed by atoms with Gasteiger partial charge in [-0.1, -0.05) is 0 Å². The van der Waals surface area contributed by atoms with Crippen molar-refractivity contribution in [3.8, 4) is 0 Å². The van der Waals surface area contributed by atoms with Gasteiger partial charge in [-0.25, -0.2) is 0 Å². The fourth-order valence-electron chi connectivity index (χ4n) is 3.76. The molecule has 2 atom stereocenters. The number of piperazine rings is 1. The Morgan fingerprint density at radius 2 is 2.05 bits per heavy atom. The molecular formula is C16H30N2O. The first-order valence-electron chi connectivity index (χ1n) is 8.30. The monoisotopic (exact) mass is 266 g/mol. The highest BCUT2D eigenvalue weighted by atomic mass is 16.5. The Hall–Kier alpha value is -0.120. The van der Waals surface area contributed by atoms with Crippen LogP contribution in [0.5, 0.6) is 0 Å². The van der Waals surface area contributed by atoms with Crippen LogP contribution in [0.3, 0.4) is 0 Å². The fourth-order valence-corrected chi connectivity index (χ4v) is 3.76. The van der Waals surface area contributed by atoms with Crippen LogP contribution in [0, 0.1) is 11.8 Å². The predicted octanol–water partition coefficient (Wildman–Crippen LogP) is 2.27. The lowest BCUT2D eigenvalue weighted by Crippen LogP contribution is -2.64.